The summed E-state index contributed by atoms with van der Waals surface area (Å²) in [6.45, 7) is 0. The molecule has 0 bridgehead atoms. The van der Waals surface area contributed by atoms with Gasteiger partial charge in [-0.1, -0.05) is 12.1 Å². The summed E-state index contributed by atoms with van der Waals surface area (Å²) in [6.07, 6.45) is 2.40. The molecule has 0 radical (unpaired) electrons. The number of carbonyl (C=O) groups is 2. The van der Waals surface area contributed by atoms with E-state index in [0.29, 0.717) is 12.2 Å². The van der Waals surface area contributed by atoms with E-state index in [-0.39, 0.29) is 22.1 Å². The van der Waals surface area contributed by atoms with E-state index < -0.39 is 34.0 Å². The fourth-order valence-corrected chi connectivity index (χ4v) is 4.22. The van der Waals surface area contributed by atoms with Gasteiger partial charge in [0.25, 0.3) is 10.0 Å². The van der Waals surface area contributed by atoms with Crippen molar-refractivity contribution in [2.24, 2.45) is 7.05 Å². The third kappa shape index (κ3) is 4.58. The molecule has 2 N–H and O–H groups in total. The van der Waals surface area contributed by atoms with E-state index in [1.165, 1.54) is 44.6 Å². The van der Waals surface area contributed by atoms with E-state index in [4.69, 9.17) is 9.84 Å². The third-order valence-corrected chi connectivity index (χ3v) is 5.96. The predicted octanol–water partition coefficient (Wildman–Crippen LogP) is 1.06. The van der Waals surface area contributed by atoms with Crippen LogP contribution in [-0.4, -0.2) is 51.2 Å². The summed E-state index contributed by atoms with van der Waals surface area (Å²) in [5.41, 5.74) is -0.162. The topological polar surface area (TPSA) is 145 Å². The average molecular weight is 463 g/mol. The molecule has 0 spiro atoms. The van der Waals surface area contributed by atoms with Crippen LogP contribution >= 0.6 is 0 Å². The summed E-state index contributed by atoms with van der Waals surface area (Å²) < 4.78 is 48.1. The summed E-state index contributed by atoms with van der Waals surface area (Å²) in [5.74, 6) is -3.33. The Morgan fingerprint density at radius 2 is 1.97 bits per heavy atom. The molecular formula is C19H18FN5O6S. The van der Waals surface area contributed by atoms with Crippen molar-refractivity contribution in [3.05, 3.63) is 66.4 Å². The van der Waals surface area contributed by atoms with Crippen molar-refractivity contribution >= 4 is 22.0 Å². The number of rotatable bonds is 8. The summed E-state index contributed by atoms with van der Waals surface area (Å²) in [6, 6.07) is 6.73. The molecule has 0 amide bonds. The van der Waals surface area contributed by atoms with E-state index >= 15 is 0 Å². The molecule has 1 atom stereocenters. The highest BCUT2D eigenvalue weighted by molar-refractivity contribution is 7.90. The van der Waals surface area contributed by atoms with E-state index in [1.54, 1.807) is 0 Å². The van der Waals surface area contributed by atoms with Gasteiger partial charge in [-0.2, -0.15) is 13.5 Å². The number of hydrogen-bond donors (Lipinski definition) is 2. The number of nitrogens with one attached hydrogen (secondary N) is 1. The number of imidazole rings is 1. The molecule has 0 fully saturated rings. The van der Waals surface area contributed by atoms with Gasteiger partial charge in [0.15, 0.2) is 17.1 Å². The Balaban J connectivity index is 2.13. The number of halogens is 1. The monoisotopic (exact) mass is 463 g/mol. The van der Waals surface area contributed by atoms with Crippen LogP contribution in [0.2, 0.25) is 0 Å². The number of carboxylic acids is 1. The lowest BCUT2D eigenvalue weighted by molar-refractivity contribution is -0.145. The number of benzene rings is 1. The van der Waals surface area contributed by atoms with Crippen molar-refractivity contribution in [3.63, 3.8) is 0 Å². The summed E-state index contributed by atoms with van der Waals surface area (Å²) >= 11 is 0. The molecule has 11 nitrogen and oxygen atoms in total. The average Bonchev–Trinajstić information content (AvgIpc) is 3.38. The van der Waals surface area contributed by atoms with Crippen LogP contribution in [0.15, 0.2) is 59.9 Å². The van der Waals surface area contributed by atoms with Crippen molar-refractivity contribution < 1.29 is 32.2 Å². The number of aromatic nitrogens is 4. The molecule has 0 aliphatic carbocycles. The van der Waals surface area contributed by atoms with Crippen molar-refractivity contribution in [2.75, 3.05) is 7.05 Å². The molecule has 2 aromatic heterocycles. The minimum atomic E-state index is -4.26. The second-order valence-electron chi connectivity index (χ2n) is 6.34. The quantitative estimate of drug-likeness (QED) is 0.284. The molecule has 3 aromatic rings. The number of hydrogen-bond acceptors (Lipinski definition) is 8. The van der Waals surface area contributed by atoms with Crippen LogP contribution in [-0.2, 0) is 31.4 Å². The minimum absolute atomic E-state index is 0.0615. The Morgan fingerprint density at radius 1 is 1.25 bits per heavy atom. The minimum Gasteiger partial charge on any atom is -0.478 e. The lowest BCUT2D eigenvalue weighted by atomic mass is 10.2. The smallest absolute Gasteiger partial charge is 0.332 e. The van der Waals surface area contributed by atoms with Crippen LogP contribution in [0.5, 0.6) is 0 Å². The van der Waals surface area contributed by atoms with Gasteiger partial charge in [-0.05, 0) is 25.2 Å². The first-order valence-electron chi connectivity index (χ1n) is 9.01. The SMILES string of the molecule is CNC(OC(=O)/C=C/C(=O)O)c1cn(S(=O)(=O)c2ccnn2C)c(-c2ccccc2F)n1. The van der Waals surface area contributed by atoms with Gasteiger partial charge < -0.3 is 9.84 Å². The van der Waals surface area contributed by atoms with Crippen LogP contribution in [0.4, 0.5) is 4.39 Å². The molecule has 2 heterocycles. The molecule has 0 saturated carbocycles. The van der Waals surface area contributed by atoms with Crippen LogP contribution in [0.3, 0.4) is 0 Å². The van der Waals surface area contributed by atoms with Gasteiger partial charge in [0.05, 0.1) is 11.8 Å². The zero-order valence-corrected chi connectivity index (χ0v) is 17.7. The maximum Gasteiger partial charge on any atom is 0.332 e. The first-order valence-corrected chi connectivity index (χ1v) is 10.5. The van der Waals surface area contributed by atoms with E-state index in [9.17, 15) is 22.4 Å². The van der Waals surface area contributed by atoms with Crippen molar-refractivity contribution in [2.45, 2.75) is 11.3 Å². The Bertz CT molecular complexity index is 1300. The Hall–Kier alpha value is -3.84. The standard InChI is InChI=1S/C19H18FN5O6S/c1-21-19(31-17(28)8-7-16(26)27)14-11-25(32(29,30)15-9-10-22-24(15)2)18(23-14)12-5-3-4-6-13(12)20/h3-11,19,21H,1-2H3,(H,26,27)/b8-7+. The zero-order chi connectivity index (χ0) is 23.5. The largest absolute Gasteiger partial charge is 0.478 e. The third-order valence-electron chi connectivity index (χ3n) is 4.23. The maximum atomic E-state index is 14.5. The number of esters is 1. The fraction of sp³-hybridized carbons (Fsp3) is 0.158. The first-order chi connectivity index (χ1) is 15.1. The van der Waals surface area contributed by atoms with E-state index in [2.05, 4.69) is 15.4 Å². The van der Waals surface area contributed by atoms with Crippen LogP contribution in [0.1, 0.15) is 11.9 Å². The summed E-state index contributed by atoms with van der Waals surface area (Å²) in [4.78, 5) is 26.7. The number of nitrogens with zero attached hydrogens (tertiary/aromatic N) is 4. The number of ether oxygens (including phenoxy) is 1. The Morgan fingerprint density at radius 3 is 2.56 bits per heavy atom. The zero-order valence-electron chi connectivity index (χ0n) is 16.8. The van der Waals surface area contributed by atoms with Crippen LogP contribution in [0, 0.1) is 5.82 Å². The van der Waals surface area contributed by atoms with Gasteiger partial charge in [-0.25, -0.2) is 22.9 Å². The summed E-state index contributed by atoms with van der Waals surface area (Å²) in [5, 5.41) is 14.9. The Labute approximate surface area is 181 Å². The highest BCUT2D eigenvalue weighted by Crippen LogP contribution is 2.28. The summed E-state index contributed by atoms with van der Waals surface area (Å²) in [7, 11) is -1.42. The number of carbonyl (C=O) groups excluding carboxylic acids is 1. The molecule has 0 saturated heterocycles. The predicted molar refractivity (Wildman–Crippen MR) is 108 cm³/mol. The molecule has 32 heavy (non-hydrogen) atoms. The van der Waals surface area contributed by atoms with Crippen molar-refractivity contribution in [1.82, 2.24) is 24.1 Å². The molecule has 1 aromatic carbocycles. The van der Waals surface area contributed by atoms with Crippen LogP contribution in [0.25, 0.3) is 11.4 Å². The van der Waals surface area contributed by atoms with E-state index in [0.717, 1.165) is 20.9 Å². The van der Waals surface area contributed by atoms with E-state index in [1.807, 2.05) is 0 Å². The second-order valence-corrected chi connectivity index (χ2v) is 8.10. The lowest BCUT2D eigenvalue weighted by Crippen LogP contribution is -2.23. The highest BCUT2D eigenvalue weighted by atomic mass is 32.2. The second kappa shape index (κ2) is 9.11. The lowest BCUT2D eigenvalue weighted by Gasteiger charge is -2.13. The highest BCUT2D eigenvalue weighted by Gasteiger charge is 2.29. The maximum absolute atomic E-state index is 14.5. The first kappa shape index (κ1) is 22.8. The van der Waals surface area contributed by atoms with Crippen molar-refractivity contribution in [1.29, 1.82) is 0 Å². The molecule has 168 valence electrons. The number of carboxylic acid groups (broad SMARTS) is 1. The van der Waals surface area contributed by atoms with Gasteiger partial charge in [-0.3, -0.25) is 10.00 Å². The van der Waals surface area contributed by atoms with Crippen LogP contribution < -0.4 is 5.32 Å². The molecular weight excluding hydrogens is 445 g/mol. The number of aryl methyl sites for hydroxylation is 1. The van der Waals surface area contributed by atoms with Gasteiger partial charge in [0, 0.05) is 25.4 Å². The normalized spacial score (nSPS) is 12.7. The van der Waals surface area contributed by atoms with Gasteiger partial charge in [0.1, 0.15) is 11.5 Å². The molecule has 0 aliphatic rings. The number of aliphatic carboxylic acids is 1. The van der Waals surface area contributed by atoms with Gasteiger partial charge >= 0.3 is 11.9 Å². The molecule has 3 rings (SSSR count). The molecule has 13 heteroatoms. The molecule has 0 aliphatic heterocycles. The van der Waals surface area contributed by atoms with Crippen molar-refractivity contribution in [3.8, 4) is 11.4 Å². The van der Waals surface area contributed by atoms with Gasteiger partial charge in [-0.15, -0.1) is 0 Å². The van der Waals surface area contributed by atoms with Gasteiger partial charge in [0.2, 0.25) is 0 Å². The Kier molecular flexibility index (Phi) is 6.50. The fourth-order valence-electron chi connectivity index (χ4n) is 2.79. The molecule has 1 unspecified atom stereocenters.